The van der Waals surface area contributed by atoms with Gasteiger partial charge in [-0.2, -0.15) is 0 Å². The maximum absolute atomic E-state index is 13.3. The standard InChI is InChI=1S/C86H168N4O17P2/c1-8-14-20-26-30-34-36-40-43-49-55-61-82(91)89-78(73-100-68-64-80(59-53-46-24-18-12-5)106-77(7)58-52-48-42-38-32-28-22-16-10-3)75-104-108(96,97)102-70-66-87-84(93)72-85(94)88-67-71-103-109(98,99)105-76-79(90-83(92)62-56-50-44-41-37-35-31-27-21-15-9-2)74-101-69-65-81(60-54-47-25-19-13-6)107-86(95)63-57-51-45-39-33-29-23-17-11-4/h78-81H,7-76H2,1-6H3,(H,87,93)(H,88,94)(H,89,91)(H,90,92)(H,96,97)(H,98,99)/t78?,79?,80-,81-/m1/s1. The lowest BCUT2D eigenvalue weighted by molar-refractivity contribution is -0.150. The van der Waals surface area contributed by atoms with Crippen LogP contribution in [0.25, 0.3) is 0 Å². The van der Waals surface area contributed by atoms with Crippen molar-refractivity contribution in [1.29, 1.82) is 0 Å². The fourth-order valence-electron chi connectivity index (χ4n) is 13.3. The van der Waals surface area contributed by atoms with Crippen molar-refractivity contribution < 1.29 is 79.9 Å². The van der Waals surface area contributed by atoms with Crippen LogP contribution >= 0.6 is 15.6 Å². The third kappa shape index (κ3) is 76.1. The summed E-state index contributed by atoms with van der Waals surface area (Å²) >= 11 is 0. The molecule has 0 saturated carbocycles. The first-order valence-corrected chi connectivity index (χ1v) is 48.0. The number of hydrogen-bond donors (Lipinski definition) is 6. The van der Waals surface area contributed by atoms with E-state index in [-0.39, 0.29) is 75.9 Å². The summed E-state index contributed by atoms with van der Waals surface area (Å²) in [5, 5.41) is 10.8. The lowest BCUT2D eigenvalue weighted by Gasteiger charge is -2.23. The van der Waals surface area contributed by atoms with Crippen molar-refractivity contribution in [3.8, 4) is 0 Å². The summed E-state index contributed by atoms with van der Waals surface area (Å²) in [7, 11) is -9.43. The highest BCUT2D eigenvalue weighted by Crippen LogP contribution is 2.44. The third-order valence-electron chi connectivity index (χ3n) is 20.0. The molecule has 0 fully saturated rings. The van der Waals surface area contributed by atoms with Gasteiger partial charge in [0, 0.05) is 51.6 Å². The van der Waals surface area contributed by atoms with E-state index >= 15 is 0 Å². The maximum Gasteiger partial charge on any atom is 0.472 e. The van der Waals surface area contributed by atoms with Crippen LogP contribution in [0.1, 0.15) is 420 Å². The minimum Gasteiger partial charge on any atom is -0.495 e. The molecular weight excluding hydrogens is 1420 g/mol. The van der Waals surface area contributed by atoms with E-state index in [1.54, 1.807) is 0 Å². The highest BCUT2D eigenvalue weighted by atomic mass is 31.2. The summed E-state index contributed by atoms with van der Waals surface area (Å²) in [5.41, 5.74) is 0. The molecule has 0 aliphatic carbocycles. The van der Waals surface area contributed by atoms with E-state index in [2.05, 4.69) is 69.4 Å². The predicted octanol–water partition coefficient (Wildman–Crippen LogP) is 22.4. The molecule has 0 radical (unpaired) electrons. The quantitative estimate of drug-likeness (QED) is 0.0108. The van der Waals surface area contributed by atoms with Gasteiger partial charge in [0.05, 0.1) is 70.7 Å². The van der Waals surface area contributed by atoms with Crippen molar-refractivity contribution in [2.45, 2.75) is 445 Å². The molecule has 644 valence electrons. The number of phosphoric acid groups is 2. The largest absolute Gasteiger partial charge is 0.495 e. The van der Waals surface area contributed by atoms with Crippen LogP contribution in [0.3, 0.4) is 0 Å². The van der Waals surface area contributed by atoms with Crippen LogP contribution in [0.5, 0.6) is 0 Å². The molecule has 0 heterocycles. The lowest BCUT2D eigenvalue weighted by atomic mass is 10.1. The zero-order chi connectivity index (χ0) is 80.0. The minimum absolute atomic E-state index is 0.0177. The number of amides is 4. The van der Waals surface area contributed by atoms with Crippen molar-refractivity contribution in [3.05, 3.63) is 12.3 Å². The molecule has 21 nitrogen and oxygen atoms in total. The van der Waals surface area contributed by atoms with E-state index in [4.69, 9.17) is 37.0 Å². The number of hydrogen-bond acceptors (Lipinski definition) is 15. The van der Waals surface area contributed by atoms with Gasteiger partial charge in [0.15, 0.2) is 0 Å². The van der Waals surface area contributed by atoms with Crippen molar-refractivity contribution >= 4 is 45.2 Å². The topological polar surface area (TPSA) is 282 Å². The van der Waals surface area contributed by atoms with Gasteiger partial charge in [-0.25, -0.2) is 9.13 Å². The normalized spacial score (nSPS) is 13.8. The van der Waals surface area contributed by atoms with E-state index in [9.17, 15) is 42.9 Å². The Labute approximate surface area is 666 Å². The molecule has 109 heavy (non-hydrogen) atoms. The van der Waals surface area contributed by atoms with Gasteiger partial charge in [-0.05, 0) is 51.4 Å². The maximum atomic E-state index is 13.3. The molecule has 0 spiro atoms. The Morgan fingerprint density at radius 3 is 0.908 bits per heavy atom. The van der Waals surface area contributed by atoms with Crippen LogP contribution in [0, 0.1) is 0 Å². The first kappa shape index (κ1) is 106. The van der Waals surface area contributed by atoms with Crippen molar-refractivity contribution in [3.63, 3.8) is 0 Å². The molecule has 0 saturated heterocycles. The molecule has 23 heteroatoms. The van der Waals surface area contributed by atoms with Gasteiger partial charge in [0.25, 0.3) is 0 Å². The van der Waals surface area contributed by atoms with Gasteiger partial charge in [-0.1, -0.05) is 331 Å². The first-order valence-electron chi connectivity index (χ1n) is 45.0. The third-order valence-corrected chi connectivity index (χ3v) is 22.0. The molecular formula is C86H168N4O17P2. The summed E-state index contributed by atoms with van der Waals surface area (Å²) in [6, 6.07) is -1.58. The second-order valence-electron chi connectivity index (χ2n) is 30.9. The van der Waals surface area contributed by atoms with Gasteiger partial charge >= 0.3 is 21.6 Å². The Hall–Kier alpha value is -2.97. The van der Waals surface area contributed by atoms with Crippen molar-refractivity contribution in [2.75, 3.05) is 65.9 Å². The van der Waals surface area contributed by atoms with E-state index in [1.165, 1.54) is 186 Å². The monoisotopic (exact) mass is 1590 g/mol. The van der Waals surface area contributed by atoms with E-state index in [0.717, 1.165) is 147 Å². The van der Waals surface area contributed by atoms with E-state index in [1.807, 2.05) is 0 Å². The second-order valence-corrected chi connectivity index (χ2v) is 33.8. The highest BCUT2D eigenvalue weighted by molar-refractivity contribution is 7.47. The molecule has 6 atom stereocenters. The molecule has 4 unspecified atom stereocenters. The van der Waals surface area contributed by atoms with E-state index in [0.29, 0.717) is 45.1 Å². The predicted molar refractivity (Wildman–Crippen MR) is 445 cm³/mol. The van der Waals surface area contributed by atoms with Crippen molar-refractivity contribution in [1.82, 2.24) is 21.3 Å². The molecule has 6 N–H and O–H groups in total. The minimum atomic E-state index is -4.72. The number of phosphoric ester groups is 2. The molecule has 0 aliphatic heterocycles. The Balaban J connectivity index is 5.52. The molecule has 0 rings (SSSR count). The summed E-state index contributed by atoms with van der Waals surface area (Å²) in [4.78, 5) is 86.6. The summed E-state index contributed by atoms with van der Waals surface area (Å²) in [5.74, 6) is -1.30. The van der Waals surface area contributed by atoms with Crippen LogP contribution in [0.15, 0.2) is 12.3 Å². The highest BCUT2D eigenvalue weighted by Gasteiger charge is 2.27. The van der Waals surface area contributed by atoms with Gasteiger partial charge in [0.1, 0.15) is 18.6 Å². The number of rotatable bonds is 87. The van der Waals surface area contributed by atoms with E-state index < -0.39 is 65.8 Å². The Morgan fingerprint density at radius 2 is 0.587 bits per heavy atom. The molecule has 4 amide bonds. The smallest absolute Gasteiger partial charge is 0.472 e. The Kier molecular flexibility index (Phi) is 76.7. The number of ether oxygens (including phenoxy) is 4. The van der Waals surface area contributed by atoms with Crippen LogP contribution < -0.4 is 21.3 Å². The van der Waals surface area contributed by atoms with Crippen LogP contribution in [-0.2, 0) is 70.1 Å². The zero-order valence-electron chi connectivity index (χ0n) is 70.7. The summed E-state index contributed by atoms with van der Waals surface area (Å²) in [6.45, 7) is 15.9. The second kappa shape index (κ2) is 78.9. The fourth-order valence-corrected chi connectivity index (χ4v) is 14.8. The average Bonchev–Trinajstić information content (AvgIpc) is 0.922. The van der Waals surface area contributed by atoms with Gasteiger partial charge in [0.2, 0.25) is 23.6 Å². The SMILES string of the molecule is C=C(CCCCCCCCCCC)O[C@H](CCCCCCC)CCOCC(COP(=O)(O)OCCNC(=O)CC(=O)NCCOP(=O)(O)OCC(COCC[C@@H](CCCCCCC)OC(=O)CCCCCCCCCCC)NC(=O)CCCCCCCCCCCCC)NC(=O)CCCCCCCCCCCCC. The van der Waals surface area contributed by atoms with Crippen LogP contribution in [0.2, 0.25) is 0 Å². The number of carbonyl (C=O) groups is 5. The summed E-state index contributed by atoms with van der Waals surface area (Å²) < 4.78 is 72.1. The van der Waals surface area contributed by atoms with Crippen LogP contribution in [0.4, 0.5) is 0 Å². The number of esters is 1. The average molecular weight is 1590 g/mol. The van der Waals surface area contributed by atoms with Crippen LogP contribution in [-0.4, -0.2) is 130 Å². The van der Waals surface area contributed by atoms with Gasteiger partial charge in [-0.15, -0.1) is 0 Å². The van der Waals surface area contributed by atoms with Gasteiger partial charge < -0.3 is 50.0 Å². The van der Waals surface area contributed by atoms with Gasteiger partial charge in [-0.3, -0.25) is 42.1 Å². The molecule has 0 aromatic carbocycles. The summed E-state index contributed by atoms with van der Waals surface area (Å²) in [6.07, 6.45) is 61.3. The number of carbonyl (C=O) groups excluding carboxylic acids is 5. The lowest BCUT2D eigenvalue weighted by Crippen LogP contribution is -2.41. The molecule has 0 bridgehead atoms. The number of allylic oxidation sites excluding steroid dienone is 1. The Morgan fingerprint density at radius 1 is 0.312 bits per heavy atom. The number of nitrogens with one attached hydrogen (secondary N) is 4. The molecule has 0 aromatic heterocycles. The zero-order valence-corrected chi connectivity index (χ0v) is 72.5. The van der Waals surface area contributed by atoms with Crippen molar-refractivity contribution in [2.24, 2.45) is 0 Å². The number of unbranched alkanes of at least 4 members (excludes halogenated alkanes) is 44. The molecule has 0 aliphatic rings. The molecule has 0 aromatic rings. The fraction of sp³-hybridized carbons (Fsp3) is 0.919. The first-order chi connectivity index (χ1) is 52.9. The Bertz CT molecular complexity index is 2070.